The summed E-state index contributed by atoms with van der Waals surface area (Å²) >= 11 is 1.19. The monoisotopic (exact) mass is 601 g/mol. The lowest BCUT2D eigenvalue weighted by molar-refractivity contribution is -0.274. The Kier molecular flexibility index (Phi) is 9.57. The molecule has 4 rings (SSSR count). The number of thioether (sulfide) groups is 1. The molecule has 220 valence electrons. The van der Waals surface area contributed by atoms with Crippen LogP contribution in [0.1, 0.15) is 11.1 Å². The van der Waals surface area contributed by atoms with Gasteiger partial charge in [0.1, 0.15) is 11.5 Å². The highest BCUT2D eigenvalue weighted by Crippen LogP contribution is 2.31. The Morgan fingerprint density at radius 3 is 2.19 bits per heavy atom. The van der Waals surface area contributed by atoms with Crippen LogP contribution in [0.5, 0.6) is 11.5 Å². The smallest absolute Gasteiger partial charge is 0.497 e. The first-order valence-corrected chi connectivity index (χ1v) is 13.5. The number of nitrogens with one attached hydrogen (secondary N) is 3. The summed E-state index contributed by atoms with van der Waals surface area (Å²) in [5.41, 5.74) is 3.09. The fourth-order valence-electron chi connectivity index (χ4n) is 3.92. The largest absolute Gasteiger partial charge is 0.573 e. The molecule has 3 aromatic rings. The second-order valence-electron chi connectivity index (χ2n) is 8.89. The number of urea groups is 2. The number of hydrogen-bond acceptors (Lipinski definition) is 6. The van der Waals surface area contributed by atoms with Crippen LogP contribution >= 0.6 is 11.8 Å². The first-order valence-electron chi connectivity index (χ1n) is 12.5. The third-order valence-corrected chi connectivity index (χ3v) is 6.78. The van der Waals surface area contributed by atoms with Crippen LogP contribution in [0.25, 0.3) is 0 Å². The molecule has 1 heterocycles. The predicted octanol–water partition coefficient (Wildman–Crippen LogP) is 5.93. The van der Waals surface area contributed by atoms with Crippen molar-refractivity contribution in [2.75, 3.05) is 34.9 Å². The minimum absolute atomic E-state index is 0.171. The summed E-state index contributed by atoms with van der Waals surface area (Å²) in [4.78, 5) is 42.7. The number of rotatable bonds is 8. The van der Waals surface area contributed by atoms with Crippen molar-refractivity contribution in [3.05, 3.63) is 77.9 Å². The van der Waals surface area contributed by atoms with Crippen molar-refractivity contribution < 1.29 is 37.0 Å². The van der Waals surface area contributed by atoms with Crippen LogP contribution in [0.3, 0.4) is 0 Å². The lowest BCUT2D eigenvalue weighted by Gasteiger charge is -2.18. The average Bonchev–Trinajstić information content (AvgIpc) is 3.29. The number of carbonyl (C=O) groups is 3. The SMILES string of the molecule is COc1ccc(N2C(=O)CSC2=NC(=O)NCCc2ccc(NC(=O)Nc3ccc(OC(F)(F)F)cc3)cc2)c(C)c1. The summed E-state index contributed by atoms with van der Waals surface area (Å²) in [7, 11) is 1.56. The molecule has 1 saturated heterocycles. The van der Waals surface area contributed by atoms with E-state index in [-0.39, 0.29) is 23.9 Å². The van der Waals surface area contributed by atoms with E-state index < -0.39 is 24.2 Å². The minimum Gasteiger partial charge on any atom is -0.497 e. The van der Waals surface area contributed by atoms with E-state index in [4.69, 9.17) is 4.74 Å². The Morgan fingerprint density at radius 1 is 0.976 bits per heavy atom. The molecule has 1 fully saturated rings. The van der Waals surface area contributed by atoms with Gasteiger partial charge >= 0.3 is 18.4 Å². The third-order valence-electron chi connectivity index (χ3n) is 5.85. The van der Waals surface area contributed by atoms with Crippen LogP contribution in [0, 0.1) is 6.92 Å². The number of alkyl halides is 3. The predicted molar refractivity (Wildman–Crippen MR) is 154 cm³/mol. The quantitative estimate of drug-likeness (QED) is 0.294. The molecule has 0 atom stereocenters. The summed E-state index contributed by atoms with van der Waals surface area (Å²) in [6, 6.07) is 15.8. The summed E-state index contributed by atoms with van der Waals surface area (Å²) in [6.07, 6.45) is -4.31. The molecule has 10 nitrogen and oxygen atoms in total. The maximum Gasteiger partial charge on any atom is 0.573 e. The fraction of sp³-hybridized carbons (Fsp3) is 0.214. The van der Waals surface area contributed by atoms with Crippen molar-refractivity contribution in [1.82, 2.24) is 5.32 Å². The molecule has 0 saturated carbocycles. The van der Waals surface area contributed by atoms with E-state index in [2.05, 4.69) is 25.7 Å². The van der Waals surface area contributed by atoms with E-state index >= 15 is 0 Å². The van der Waals surface area contributed by atoms with Crippen LogP contribution in [0.4, 0.5) is 39.8 Å². The fourth-order valence-corrected chi connectivity index (χ4v) is 4.77. The average molecular weight is 602 g/mol. The van der Waals surface area contributed by atoms with Gasteiger partial charge in [-0.2, -0.15) is 4.99 Å². The molecule has 5 amide bonds. The number of aryl methyl sites for hydroxylation is 1. The molecule has 0 aliphatic carbocycles. The Hall–Kier alpha value is -4.72. The molecule has 1 aliphatic heterocycles. The number of benzene rings is 3. The summed E-state index contributed by atoms with van der Waals surface area (Å²) < 4.78 is 45.8. The van der Waals surface area contributed by atoms with Gasteiger partial charge in [0.2, 0.25) is 5.91 Å². The van der Waals surface area contributed by atoms with Crippen molar-refractivity contribution in [3.8, 4) is 11.5 Å². The maximum absolute atomic E-state index is 12.5. The van der Waals surface area contributed by atoms with E-state index in [9.17, 15) is 27.6 Å². The van der Waals surface area contributed by atoms with Gasteiger partial charge in [0.25, 0.3) is 0 Å². The Morgan fingerprint density at radius 2 is 1.60 bits per heavy atom. The van der Waals surface area contributed by atoms with E-state index in [1.54, 1.807) is 49.6 Å². The Bertz CT molecular complexity index is 1480. The first kappa shape index (κ1) is 30.2. The highest BCUT2D eigenvalue weighted by molar-refractivity contribution is 8.15. The molecular formula is C28H26F3N5O5S. The van der Waals surface area contributed by atoms with E-state index in [1.807, 2.05) is 6.92 Å². The number of anilines is 3. The molecule has 0 spiro atoms. The van der Waals surface area contributed by atoms with Crippen LogP contribution in [-0.2, 0) is 11.2 Å². The van der Waals surface area contributed by atoms with Gasteiger partial charge in [0.15, 0.2) is 5.17 Å². The molecule has 1 aliphatic rings. The van der Waals surface area contributed by atoms with Crippen molar-refractivity contribution >= 4 is 52.0 Å². The van der Waals surface area contributed by atoms with Crippen molar-refractivity contribution in [1.29, 1.82) is 0 Å². The van der Waals surface area contributed by atoms with Gasteiger partial charge < -0.3 is 25.4 Å². The number of halogens is 3. The summed E-state index contributed by atoms with van der Waals surface area (Å²) in [5.74, 6) is 0.270. The number of nitrogens with zero attached hydrogens (tertiary/aromatic N) is 2. The molecule has 0 aromatic heterocycles. The van der Waals surface area contributed by atoms with Gasteiger partial charge in [-0.1, -0.05) is 23.9 Å². The van der Waals surface area contributed by atoms with Crippen molar-refractivity contribution in [2.24, 2.45) is 4.99 Å². The topological polar surface area (TPSA) is 121 Å². The minimum atomic E-state index is -4.80. The number of aliphatic imine (C=N–C) groups is 1. The van der Waals surface area contributed by atoms with Gasteiger partial charge in [0.05, 0.1) is 18.6 Å². The zero-order valence-electron chi connectivity index (χ0n) is 22.4. The molecule has 14 heteroatoms. The normalized spacial score (nSPS) is 14.1. The molecule has 3 aromatic carbocycles. The number of carbonyl (C=O) groups excluding carboxylic acids is 3. The molecular weight excluding hydrogens is 575 g/mol. The van der Waals surface area contributed by atoms with E-state index in [1.165, 1.54) is 28.8 Å². The number of ether oxygens (including phenoxy) is 2. The number of hydrogen-bond donors (Lipinski definition) is 3. The van der Waals surface area contributed by atoms with Crippen LogP contribution in [0.2, 0.25) is 0 Å². The van der Waals surface area contributed by atoms with Crippen LogP contribution < -0.4 is 30.3 Å². The number of amidine groups is 1. The Labute approximate surface area is 243 Å². The molecule has 42 heavy (non-hydrogen) atoms. The third kappa shape index (κ3) is 8.39. The molecule has 0 bridgehead atoms. The number of amides is 5. The van der Waals surface area contributed by atoms with E-state index in [0.29, 0.717) is 28.7 Å². The second kappa shape index (κ2) is 13.3. The van der Waals surface area contributed by atoms with Gasteiger partial charge in [-0.15, -0.1) is 13.2 Å². The zero-order valence-corrected chi connectivity index (χ0v) is 23.3. The second-order valence-corrected chi connectivity index (χ2v) is 9.84. The molecule has 0 unspecified atom stereocenters. The molecule has 0 radical (unpaired) electrons. The van der Waals surface area contributed by atoms with Gasteiger partial charge in [-0.05, 0) is 79.1 Å². The zero-order chi connectivity index (χ0) is 30.3. The molecule has 3 N–H and O–H groups in total. The van der Waals surface area contributed by atoms with Gasteiger partial charge in [0, 0.05) is 17.9 Å². The number of methoxy groups -OCH3 is 1. The van der Waals surface area contributed by atoms with Crippen LogP contribution in [0.15, 0.2) is 71.7 Å². The van der Waals surface area contributed by atoms with Gasteiger partial charge in [-0.25, -0.2) is 9.59 Å². The lowest BCUT2D eigenvalue weighted by atomic mass is 10.1. The van der Waals surface area contributed by atoms with Crippen molar-refractivity contribution in [2.45, 2.75) is 19.7 Å². The maximum atomic E-state index is 12.5. The summed E-state index contributed by atoms with van der Waals surface area (Å²) in [6.45, 7) is 2.13. The first-order chi connectivity index (χ1) is 20.0. The summed E-state index contributed by atoms with van der Waals surface area (Å²) in [5, 5.41) is 8.16. The highest BCUT2D eigenvalue weighted by atomic mass is 32.2. The van der Waals surface area contributed by atoms with E-state index in [0.717, 1.165) is 23.3 Å². The Balaban J connectivity index is 1.25. The van der Waals surface area contributed by atoms with Crippen molar-refractivity contribution in [3.63, 3.8) is 0 Å². The lowest BCUT2D eigenvalue weighted by Crippen LogP contribution is -2.32. The highest BCUT2D eigenvalue weighted by Gasteiger charge is 2.32. The standard InChI is InChI=1S/C28H26F3N5O5S/c1-17-15-22(40-2)11-12-23(17)36-24(37)16-42-27(36)35-25(38)32-14-13-18-3-5-19(6-4-18)33-26(39)34-20-7-9-21(10-8-20)41-28(29,30)31/h3-12,15H,13-14,16H2,1-2H3,(H,32,38)(H2,33,34,39). The van der Waals surface area contributed by atoms with Crippen LogP contribution in [-0.4, -0.2) is 48.9 Å². The van der Waals surface area contributed by atoms with Gasteiger partial charge in [-0.3, -0.25) is 9.69 Å².